The molecular formula is C62H71F3N10O10S4. The van der Waals surface area contributed by atoms with Gasteiger partial charge in [-0.05, 0) is 246 Å². The van der Waals surface area contributed by atoms with Gasteiger partial charge in [-0.1, -0.05) is 12.1 Å². The Hall–Kier alpha value is -6.40. The van der Waals surface area contributed by atoms with Crippen LogP contribution in [0.2, 0.25) is 0 Å². The van der Waals surface area contributed by atoms with Crippen LogP contribution in [-0.2, 0) is 124 Å². The highest BCUT2D eigenvalue weighted by molar-refractivity contribution is 7.93. The molecule has 6 aromatic rings. The second-order valence-electron chi connectivity index (χ2n) is 26.2. The number of thiazole rings is 1. The number of benzene rings is 4. The summed E-state index contributed by atoms with van der Waals surface area (Å²) in [6, 6.07) is 4.23. The summed E-state index contributed by atoms with van der Waals surface area (Å²) in [5, 5.41) is 58.9. The maximum atomic E-state index is 17.8. The van der Waals surface area contributed by atoms with Crippen LogP contribution < -0.4 is 31.4 Å². The van der Waals surface area contributed by atoms with Crippen molar-refractivity contribution in [1.29, 1.82) is 0 Å². The molecule has 89 heavy (non-hydrogen) atoms. The molecular weight excluding hydrogens is 1230 g/mol. The number of nitrogens with zero attached hydrogens (tertiary/aromatic N) is 4. The number of carbonyl (C=O) groups excluding carboxylic acids is 3. The molecule has 27 heteroatoms. The molecule has 0 saturated heterocycles. The lowest BCUT2D eigenvalue weighted by molar-refractivity contribution is 0.0766. The van der Waals surface area contributed by atoms with E-state index >= 15 is 13.2 Å². The number of amides is 6. The third-order valence-corrected chi connectivity index (χ3v) is 24.5. The predicted molar refractivity (Wildman–Crippen MR) is 331 cm³/mol. The van der Waals surface area contributed by atoms with E-state index in [0.29, 0.717) is 128 Å². The Morgan fingerprint density at radius 2 is 0.955 bits per heavy atom. The monoisotopic (exact) mass is 1300 g/mol. The van der Waals surface area contributed by atoms with Gasteiger partial charge in [0.25, 0.3) is 0 Å². The third kappa shape index (κ3) is 11.5. The fourth-order valence-corrected chi connectivity index (χ4v) is 18.5. The van der Waals surface area contributed by atoms with Crippen LogP contribution in [0.25, 0.3) is 0 Å². The number of aryl methyl sites for hydroxylation is 1. The fourth-order valence-electron chi connectivity index (χ4n) is 14.5. The number of fused-ring (bicyclic) bond motifs is 6. The molecule has 6 aliphatic rings. The fraction of sp³-hybridized carbons (Fsp3) is 0.452. The maximum absolute atomic E-state index is 17.8. The molecule has 6 amide bonds. The summed E-state index contributed by atoms with van der Waals surface area (Å²) in [5.41, 5.74) is 3.22. The van der Waals surface area contributed by atoms with E-state index in [-0.39, 0.29) is 117 Å². The lowest BCUT2D eigenvalue weighted by atomic mass is 9.86. The van der Waals surface area contributed by atoms with Gasteiger partial charge in [-0.25, -0.2) is 60.6 Å². The van der Waals surface area contributed by atoms with Crippen LogP contribution in [0.4, 0.5) is 44.6 Å². The first kappa shape index (κ1) is 62.8. The Bertz CT molecular complexity index is 4480. The largest absolute Gasteiger partial charge is 0.450 e. The SMILES string of the molecule is Cc1oc(S(N)(=O)=NC(=O)Nc2c3c(c(F)c4c2CC(C2Cc5c(F)c6c(c(NC(=O)N=S(N)(=O)c7cnc(C(C)(C)O)s7)c5C2)CC(C2Cc5c(F)c7c(c(NC(=O)N=S(N)(=O)c8cccc(C(C)(C)O)c8)c5C2)CCC7)C6)C4)CCC3)cc1C(C)(C)O. The number of halogens is 3. The highest BCUT2D eigenvalue weighted by atomic mass is 32.2. The molecule has 0 spiro atoms. The van der Waals surface area contributed by atoms with Crippen LogP contribution in [0.15, 0.2) is 68.2 Å². The van der Waals surface area contributed by atoms with Gasteiger partial charge in [-0.15, -0.1) is 24.4 Å². The summed E-state index contributed by atoms with van der Waals surface area (Å²) in [6.07, 6.45) is 5.96. The Kier molecular flexibility index (Phi) is 15.6. The molecule has 0 saturated carbocycles. The molecule has 474 valence electrons. The van der Waals surface area contributed by atoms with Gasteiger partial charge in [-0.2, -0.15) is 0 Å². The van der Waals surface area contributed by atoms with E-state index in [4.69, 9.17) is 19.8 Å². The van der Waals surface area contributed by atoms with Crippen LogP contribution in [0, 0.1) is 48.0 Å². The zero-order valence-corrected chi connectivity index (χ0v) is 53.4. The highest BCUT2D eigenvalue weighted by Gasteiger charge is 2.45. The Labute approximate surface area is 518 Å². The molecule has 2 heterocycles. The standard InChI is InChI=1S/C62H71F3N10O10S4/c1-28-47(61(4,5)80)26-48(85-28)88(67,83)74-58(77)71-54-38-16-10-14-36(38)51(64)40-18-30(22-44(40)54)32-20-42-46(24-32)55(72-59(78)75-89(68,84)49-27-69-56(86-49)62(6,7)81)45-23-31(19-41(45)52(42)65)29-17-39-43(21-29)53(37-15-9-13-35(37)50(39)63)70-57(76)73-87(66,82)34-12-8-11-33(25-34)60(2,3)79/h8,11-12,25-27,29-32,79-81H,9-10,13-24H2,1-7H3,(H3,66,70,73,76,82)(H3,67,71,74,77,83)(H3,68,72,75,78,84). The lowest BCUT2D eigenvalue weighted by Gasteiger charge is -2.19. The van der Waals surface area contributed by atoms with Crippen molar-refractivity contribution >= 4 is 76.2 Å². The number of nitrogens with two attached hydrogens (primary N) is 3. The molecule has 0 radical (unpaired) electrons. The van der Waals surface area contributed by atoms with E-state index in [1.54, 1.807) is 32.9 Å². The summed E-state index contributed by atoms with van der Waals surface area (Å²) in [7, 11) is -11.8. The van der Waals surface area contributed by atoms with Gasteiger partial charge in [0.15, 0.2) is 19.8 Å². The summed E-state index contributed by atoms with van der Waals surface area (Å²) < 4.78 is 110. The molecule has 7 unspecified atom stereocenters. The first-order valence-electron chi connectivity index (χ1n) is 29.5. The molecule has 12 rings (SSSR count). The number of hydrogen-bond acceptors (Lipinski definition) is 12. The minimum atomic E-state index is -3.97. The van der Waals surface area contributed by atoms with Gasteiger partial charge in [0, 0.05) is 28.7 Å². The third-order valence-electron chi connectivity index (χ3n) is 18.7. The summed E-state index contributed by atoms with van der Waals surface area (Å²) in [5.74, 6) is -2.24. The second kappa shape index (κ2) is 22.2. The smallest absolute Gasteiger partial charge is 0.354 e. The van der Waals surface area contributed by atoms with E-state index < -0.39 is 70.5 Å². The van der Waals surface area contributed by atoms with Gasteiger partial charge >= 0.3 is 18.1 Å². The minimum Gasteiger partial charge on any atom is -0.450 e. The number of carbonyl (C=O) groups is 3. The zero-order valence-electron chi connectivity index (χ0n) is 50.2. The van der Waals surface area contributed by atoms with Crippen molar-refractivity contribution in [3.8, 4) is 0 Å². The predicted octanol–water partition coefficient (Wildman–Crippen LogP) is 10.2. The lowest BCUT2D eigenvalue weighted by Crippen LogP contribution is -2.21. The molecule has 2 aromatic heterocycles. The molecule has 7 atom stereocenters. The molecule has 12 N–H and O–H groups in total. The molecule has 4 aromatic carbocycles. The number of aliphatic hydroxyl groups is 3. The van der Waals surface area contributed by atoms with Crippen LogP contribution in [-0.4, -0.2) is 51.0 Å². The van der Waals surface area contributed by atoms with Crippen molar-refractivity contribution < 1.29 is 59.9 Å². The molecule has 0 bridgehead atoms. The van der Waals surface area contributed by atoms with Gasteiger partial charge in [-0.3, -0.25) is 0 Å². The topological polar surface area (TPSA) is 340 Å². The quantitative estimate of drug-likeness (QED) is 0.0587. The van der Waals surface area contributed by atoms with Gasteiger partial charge in [0.1, 0.15) is 47.9 Å². The number of furan rings is 1. The van der Waals surface area contributed by atoms with Crippen molar-refractivity contribution in [1.82, 2.24) is 4.98 Å². The summed E-state index contributed by atoms with van der Waals surface area (Å²) in [4.78, 5) is 46.1. The van der Waals surface area contributed by atoms with E-state index in [2.05, 4.69) is 34.0 Å². The number of aromatic nitrogens is 1. The van der Waals surface area contributed by atoms with Crippen LogP contribution in [0.1, 0.15) is 143 Å². The Morgan fingerprint density at radius 1 is 0.562 bits per heavy atom. The zero-order chi connectivity index (χ0) is 64.0. The summed E-state index contributed by atoms with van der Waals surface area (Å²) >= 11 is 0.834. The number of hydrogen-bond donors (Lipinski definition) is 9. The van der Waals surface area contributed by atoms with E-state index in [1.807, 2.05) is 0 Å². The molecule has 0 aliphatic heterocycles. The van der Waals surface area contributed by atoms with Crippen LogP contribution in [0.5, 0.6) is 0 Å². The second-order valence-corrected chi connectivity index (χ2v) is 32.7. The highest BCUT2D eigenvalue weighted by Crippen LogP contribution is 2.53. The Balaban J connectivity index is 0.852. The van der Waals surface area contributed by atoms with Crippen molar-refractivity contribution in [2.24, 2.45) is 52.2 Å². The molecule has 6 aliphatic carbocycles. The van der Waals surface area contributed by atoms with Crippen molar-refractivity contribution in [3.63, 3.8) is 0 Å². The van der Waals surface area contributed by atoms with Gasteiger partial charge in [0.05, 0.1) is 22.3 Å². The van der Waals surface area contributed by atoms with Crippen LogP contribution >= 0.6 is 11.3 Å². The van der Waals surface area contributed by atoms with Gasteiger partial charge < -0.3 is 35.7 Å². The van der Waals surface area contributed by atoms with Crippen LogP contribution in [0.3, 0.4) is 0 Å². The molecule has 20 nitrogen and oxygen atoms in total. The number of urea groups is 3. The van der Waals surface area contributed by atoms with Crippen molar-refractivity contribution in [2.75, 3.05) is 16.0 Å². The average molecular weight is 1300 g/mol. The number of nitrogens with one attached hydrogen (secondary N) is 3. The van der Waals surface area contributed by atoms with Gasteiger partial charge in [0.2, 0.25) is 5.09 Å². The first-order chi connectivity index (χ1) is 41.6. The van der Waals surface area contributed by atoms with Crippen molar-refractivity contribution in [2.45, 2.75) is 169 Å². The van der Waals surface area contributed by atoms with E-state index in [9.17, 15) is 42.3 Å². The number of anilines is 3. The molecule has 0 fully saturated rings. The van der Waals surface area contributed by atoms with E-state index in [0.717, 1.165) is 11.3 Å². The first-order valence-corrected chi connectivity index (χ1v) is 35.1. The maximum Gasteiger partial charge on any atom is 0.354 e. The number of rotatable bonds is 11. The normalized spacial score (nSPS) is 21.2. The van der Waals surface area contributed by atoms with E-state index in [1.165, 1.54) is 52.1 Å². The Morgan fingerprint density at radius 3 is 1.36 bits per heavy atom. The van der Waals surface area contributed by atoms with Crippen molar-refractivity contribution in [3.05, 3.63) is 143 Å². The summed E-state index contributed by atoms with van der Waals surface area (Å²) in [6.45, 7) is 10.7. The minimum absolute atomic E-state index is 0.0266. The average Bonchev–Trinajstić information content (AvgIpc) is 1.72.